The van der Waals surface area contributed by atoms with E-state index in [1.54, 1.807) is 12.1 Å². The molecular formula is C19H22N2O4S. The van der Waals surface area contributed by atoms with E-state index in [0.717, 1.165) is 11.8 Å². The Hall–Kier alpha value is -2.67. The molecule has 1 N–H and O–H groups in total. The first-order valence-electron chi connectivity index (χ1n) is 8.11. The van der Waals surface area contributed by atoms with E-state index in [9.17, 15) is 13.2 Å². The fourth-order valence-electron chi connectivity index (χ4n) is 2.16. The predicted molar refractivity (Wildman–Crippen MR) is 102 cm³/mol. The summed E-state index contributed by atoms with van der Waals surface area (Å²) in [6.45, 7) is 3.97. The van der Waals surface area contributed by atoms with E-state index in [0.29, 0.717) is 11.6 Å². The Balaban J connectivity index is 1.85. The van der Waals surface area contributed by atoms with Crippen molar-refractivity contribution < 1.29 is 18.0 Å². The molecule has 0 heterocycles. The van der Waals surface area contributed by atoms with Crippen molar-refractivity contribution in [1.82, 2.24) is 0 Å². The summed E-state index contributed by atoms with van der Waals surface area (Å²) < 4.78 is 23.0. The highest BCUT2D eigenvalue weighted by Gasteiger charge is 2.09. The summed E-state index contributed by atoms with van der Waals surface area (Å²) in [6, 6.07) is 13.9. The molecule has 7 heteroatoms. The van der Waals surface area contributed by atoms with Gasteiger partial charge < -0.3 is 10.2 Å². The average Bonchev–Trinajstić information content (AvgIpc) is 2.58. The molecule has 0 spiro atoms. The van der Waals surface area contributed by atoms with Gasteiger partial charge >= 0.3 is 0 Å². The molecule has 26 heavy (non-hydrogen) atoms. The second kappa shape index (κ2) is 8.62. The van der Waals surface area contributed by atoms with E-state index in [2.05, 4.69) is 24.3 Å². The Labute approximate surface area is 153 Å². The molecule has 0 aromatic heterocycles. The van der Waals surface area contributed by atoms with Crippen molar-refractivity contribution in [3.05, 3.63) is 59.7 Å². The normalized spacial score (nSPS) is 11.7. The van der Waals surface area contributed by atoms with E-state index in [1.807, 2.05) is 24.3 Å². The standard InChI is InChI=1S/C19H22N2O4S/c1-14(2)16-9-7-15(8-10-16)12-20-25-13-19(22)21-17-5-4-6-18(11-17)26(3,23)24/h4-12,14H,13H2,1-3H3,(H,21,22)/b20-12-. The molecule has 2 aromatic rings. The van der Waals surface area contributed by atoms with Gasteiger partial charge in [-0.25, -0.2) is 8.42 Å². The highest BCUT2D eigenvalue weighted by molar-refractivity contribution is 7.90. The zero-order valence-corrected chi connectivity index (χ0v) is 15.8. The van der Waals surface area contributed by atoms with Crippen LogP contribution < -0.4 is 5.32 Å². The van der Waals surface area contributed by atoms with Crippen LogP contribution in [0.2, 0.25) is 0 Å². The SMILES string of the molecule is CC(C)c1ccc(/C=N\OCC(=O)Nc2cccc(S(C)(=O)=O)c2)cc1. The van der Waals surface area contributed by atoms with Crippen LogP contribution >= 0.6 is 0 Å². The minimum atomic E-state index is -3.33. The first-order chi connectivity index (χ1) is 12.3. The molecule has 0 bridgehead atoms. The molecule has 0 aliphatic carbocycles. The summed E-state index contributed by atoms with van der Waals surface area (Å²) in [5.41, 5.74) is 2.49. The Morgan fingerprint density at radius 3 is 2.50 bits per heavy atom. The maximum atomic E-state index is 11.8. The lowest BCUT2D eigenvalue weighted by Gasteiger charge is -2.06. The molecule has 0 saturated carbocycles. The Bertz CT molecular complexity index is 888. The van der Waals surface area contributed by atoms with Crippen LogP contribution in [0.4, 0.5) is 5.69 Å². The molecule has 1 amide bonds. The zero-order valence-electron chi connectivity index (χ0n) is 15.0. The van der Waals surface area contributed by atoms with Crippen LogP contribution in [-0.4, -0.2) is 33.4 Å². The maximum absolute atomic E-state index is 11.8. The van der Waals surface area contributed by atoms with Crippen molar-refractivity contribution in [2.75, 3.05) is 18.2 Å². The number of rotatable bonds is 7. The third kappa shape index (κ3) is 6.00. The molecule has 0 saturated heterocycles. The Kier molecular flexibility index (Phi) is 6.52. The third-order valence-electron chi connectivity index (χ3n) is 3.62. The lowest BCUT2D eigenvalue weighted by molar-refractivity contribution is -0.120. The highest BCUT2D eigenvalue weighted by atomic mass is 32.2. The quantitative estimate of drug-likeness (QED) is 0.596. The van der Waals surface area contributed by atoms with Crippen molar-refractivity contribution >= 4 is 27.6 Å². The monoisotopic (exact) mass is 374 g/mol. The molecule has 0 unspecified atom stereocenters. The summed E-state index contributed by atoms with van der Waals surface area (Å²) in [7, 11) is -3.33. The van der Waals surface area contributed by atoms with E-state index in [1.165, 1.54) is 23.9 Å². The fourth-order valence-corrected chi connectivity index (χ4v) is 2.83. The van der Waals surface area contributed by atoms with Crippen molar-refractivity contribution in [3.63, 3.8) is 0 Å². The lowest BCUT2D eigenvalue weighted by atomic mass is 10.0. The molecule has 0 aliphatic heterocycles. The van der Waals surface area contributed by atoms with Gasteiger partial charge in [0, 0.05) is 11.9 Å². The van der Waals surface area contributed by atoms with Gasteiger partial charge in [-0.15, -0.1) is 0 Å². The number of hydrogen-bond donors (Lipinski definition) is 1. The first-order valence-corrected chi connectivity index (χ1v) is 10.00. The van der Waals surface area contributed by atoms with Gasteiger partial charge in [-0.05, 0) is 35.2 Å². The number of hydrogen-bond acceptors (Lipinski definition) is 5. The van der Waals surface area contributed by atoms with Gasteiger partial charge in [-0.3, -0.25) is 4.79 Å². The Morgan fingerprint density at radius 1 is 1.19 bits per heavy atom. The van der Waals surface area contributed by atoms with E-state index >= 15 is 0 Å². The summed E-state index contributed by atoms with van der Waals surface area (Å²) in [5.74, 6) is 0.0325. The minimum absolute atomic E-state index is 0.138. The van der Waals surface area contributed by atoms with Gasteiger partial charge in [0.25, 0.3) is 5.91 Å². The van der Waals surface area contributed by atoms with Crippen LogP contribution in [0.3, 0.4) is 0 Å². The van der Waals surface area contributed by atoms with E-state index in [4.69, 9.17) is 4.84 Å². The summed E-state index contributed by atoms with van der Waals surface area (Å²) in [4.78, 5) is 17.0. The first kappa shape index (κ1) is 19.7. The van der Waals surface area contributed by atoms with E-state index < -0.39 is 15.7 Å². The molecule has 138 valence electrons. The van der Waals surface area contributed by atoms with E-state index in [-0.39, 0.29) is 11.5 Å². The number of sulfone groups is 1. The van der Waals surface area contributed by atoms with Crippen LogP contribution in [0.1, 0.15) is 30.9 Å². The number of anilines is 1. The maximum Gasteiger partial charge on any atom is 0.265 e. The minimum Gasteiger partial charge on any atom is -0.386 e. The van der Waals surface area contributed by atoms with Crippen molar-refractivity contribution in [3.8, 4) is 0 Å². The molecular weight excluding hydrogens is 352 g/mol. The summed E-state index contributed by atoms with van der Waals surface area (Å²) in [5, 5.41) is 6.34. The lowest BCUT2D eigenvalue weighted by Crippen LogP contribution is -2.17. The Morgan fingerprint density at radius 2 is 1.88 bits per heavy atom. The third-order valence-corrected chi connectivity index (χ3v) is 4.73. The van der Waals surface area contributed by atoms with Gasteiger partial charge in [0.2, 0.25) is 0 Å². The van der Waals surface area contributed by atoms with Gasteiger partial charge in [0.05, 0.1) is 11.1 Å². The van der Waals surface area contributed by atoms with Gasteiger partial charge in [-0.2, -0.15) is 0 Å². The number of nitrogens with one attached hydrogen (secondary N) is 1. The number of benzene rings is 2. The fraction of sp³-hybridized carbons (Fsp3) is 0.263. The number of nitrogens with zero attached hydrogens (tertiary/aromatic N) is 1. The molecule has 6 nitrogen and oxygen atoms in total. The molecule has 2 rings (SSSR count). The number of oxime groups is 1. The second-order valence-corrected chi connectivity index (χ2v) is 8.19. The second-order valence-electron chi connectivity index (χ2n) is 6.18. The predicted octanol–water partition coefficient (Wildman–Crippen LogP) is 3.20. The van der Waals surface area contributed by atoms with Crippen LogP contribution in [-0.2, 0) is 19.5 Å². The summed E-state index contributed by atoms with van der Waals surface area (Å²) >= 11 is 0. The molecule has 0 radical (unpaired) electrons. The van der Waals surface area contributed by atoms with Crippen LogP contribution in [0.15, 0.2) is 58.6 Å². The zero-order chi connectivity index (χ0) is 19.2. The largest absolute Gasteiger partial charge is 0.386 e. The smallest absolute Gasteiger partial charge is 0.265 e. The topological polar surface area (TPSA) is 84.8 Å². The van der Waals surface area contributed by atoms with Gasteiger partial charge in [0.1, 0.15) is 0 Å². The molecule has 0 fully saturated rings. The van der Waals surface area contributed by atoms with Crippen LogP contribution in [0.5, 0.6) is 0 Å². The molecule has 2 aromatic carbocycles. The van der Waals surface area contributed by atoms with Gasteiger partial charge in [0.15, 0.2) is 16.4 Å². The average molecular weight is 374 g/mol. The van der Waals surface area contributed by atoms with Crippen LogP contribution in [0, 0.1) is 0 Å². The van der Waals surface area contributed by atoms with Crippen molar-refractivity contribution in [1.29, 1.82) is 0 Å². The van der Waals surface area contributed by atoms with Crippen molar-refractivity contribution in [2.45, 2.75) is 24.7 Å². The van der Waals surface area contributed by atoms with Crippen molar-refractivity contribution in [2.24, 2.45) is 5.16 Å². The summed E-state index contributed by atoms with van der Waals surface area (Å²) in [6.07, 6.45) is 2.64. The number of carbonyl (C=O) groups excluding carboxylic acids is 1. The number of amides is 1. The molecule has 0 atom stereocenters. The molecule has 0 aliphatic rings. The number of carbonyl (C=O) groups is 1. The van der Waals surface area contributed by atoms with Crippen LogP contribution in [0.25, 0.3) is 0 Å². The van der Waals surface area contributed by atoms with Gasteiger partial charge in [-0.1, -0.05) is 49.3 Å². The highest BCUT2D eigenvalue weighted by Crippen LogP contribution is 2.15.